The van der Waals surface area contributed by atoms with Gasteiger partial charge < -0.3 is 9.47 Å². The van der Waals surface area contributed by atoms with E-state index in [1.165, 1.54) is 7.11 Å². The van der Waals surface area contributed by atoms with E-state index in [0.717, 1.165) is 21.7 Å². The van der Waals surface area contributed by atoms with Crippen LogP contribution < -0.4 is 4.90 Å². The van der Waals surface area contributed by atoms with E-state index in [-0.39, 0.29) is 12.6 Å². The van der Waals surface area contributed by atoms with E-state index in [1.807, 2.05) is 72.1 Å². The van der Waals surface area contributed by atoms with Gasteiger partial charge in [0.15, 0.2) is 0 Å². The first kappa shape index (κ1) is 21.7. The summed E-state index contributed by atoms with van der Waals surface area (Å²) in [6.07, 6.45) is 2.17. The second-order valence-electron chi connectivity index (χ2n) is 7.28. The lowest BCUT2D eigenvalue weighted by Gasteiger charge is -2.23. The summed E-state index contributed by atoms with van der Waals surface area (Å²) in [5.41, 5.74) is 3.04. The van der Waals surface area contributed by atoms with Crippen LogP contribution in [0, 0.1) is 0 Å². The number of carbonyl (C=O) groups is 2. The van der Waals surface area contributed by atoms with Crippen LogP contribution in [0.5, 0.6) is 0 Å². The molecule has 0 N–H and O–H groups in total. The molecule has 1 amide bonds. The third-order valence-corrected chi connectivity index (χ3v) is 6.01. The van der Waals surface area contributed by atoms with Crippen LogP contribution in [-0.4, -0.2) is 25.2 Å². The summed E-state index contributed by atoms with van der Waals surface area (Å²) in [5.74, 6) is -0.398. The van der Waals surface area contributed by atoms with Gasteiger partial charge in [-0.05, 0) is 53.3 Å². The molecule has 5 nitrogen and oxygen atoms in total. The summed E-state index contributed by atoms with van der Waals surface area (Å²) in [6, 6.07) is 24.6. The fourth-order valence-electron chi connectivity index (χ4n) is 3.61. The number of methoxy groups -OCH3 is 1. The van der Waals surface area contributed by atoms with Crippen molar-refractivity contribution in [2.75, 3.05) is 12.0 Å². The minimum Gasteiger partial charge on any atom is -0.465 e. The first-order valence-corrected chi connectivity index (χ1v) is 11.1. The zero-order valence-electron chi connectivity index (χ0n) is 17.6. The molecule has 32 heavy (non-hydrogen) atoms. The first-order chi connectivity index (χ1) is 15.7. The molecule has 1 aliphatic heterocycles. The molecule has 1 heterocycles. The molecule has 1 atom stereocenters. The molecule has 0 spiro atoms. The van der Waals surface area contributed by atoms with Crippen molar-refractivity contribution in [1.29, 1.82) is 0 Å². The standard InChI is InChI=1S/C26H23NO4S/c1-30-25(28)20-12-13-24-21(16-20)17-22(14-15-32-23-10-6-3-7-11-23)27(24)26(29)31-18-19-8-4-2-5-9-19/h2-16,22H,17-18H2,1H3/b15-14+. The van der Waals surface area contributed by atoms with Gasteiger partial charge in [-0.3, -0.25) is 4.90 Å². The Morgan fingerprint density at radius 3 is 2.47 bits per heavy atom. The van der Waals surface area contributed by atoms with Gasteiger partial charge in [0, 0.05) is 4.90 Å². The average Bonchev–Trinajstić information content (AvgIpc) is 3.21. The van der Waals surface area contributed by atoms with Gasteiger partial charge in [0.25, 0.3) is 0 Å². The molecule has 1 aliphatic rings. The fraction of sp³-hybridized carbons (Fsp3) is 0.154. The highest BCUT2D eigenvalue weighted by Gasteiger charge is 2.34. The van der Waals surface area contributed by atoms with E-state index >= 15 is 0 Å². The van der Waals surface area contributed by atoms with Gasteiger partial charge in [0.2, 0.25) is 0 Å². The minimum absolute atomic E-state index is 0.195. The van der Waals surface area contributed by atoms with Crippen molar-refractivity contribution in [2.24, 2.45) is 0 Å². The van der Waals surface area contributed by atoms with Gasteiger partial charge in [-0.2, -0.15) is 0 Å². The summed E-state index contributed by atoms with van der Waals surface area (Å²) in [4.78, 5) is 27.8. The Morgan fingerprint density at radius 2 is 1.75 bits per heavy atom. The number of hydrogen-bond acceptors (Lipinski definition) is 5. The molecule has 0 fully saturated rings. The van der Waals surface area contributed by atoms with E-state index in [4.69, 9.17) is 9.47 Å². The van der Waals surface area contributed by atoms with Crippen molar-refractivity contribution in [2.45, 2.75) is 24.0 Å². The van der Waals surface area contributed by atoms with Crippen molar-refractivity contribution in [3.05, 3.63) is 107 Å². The normalized spacial score (nSPS) is 14.9. The highest BCUT2D eigenvalue weighted by molar-refractivity contribution is 8.02. The number of carbonyl (C=O) groups excluding carboxylic acids is 2. The van der Waals surface area contributed by atoms with Crippen molar-refractivity contribution in [1.82, 2.24) is 0 Å². The number of thioether (sulfide) groups is 1. The largest absolute Gasteiger partial charge is 0.465 e. The summed E-state index contributed by atoms with van der Waals surface area (Å²) in [5, 5.41) is 1.99. The number of fused-ring (bicyclic) bond motifs is 1. The molecular weight excluding hydrogens is 422 g/mol. The van der Waals surface area contributed by atoms with Crippen LogP contribution in [0.25, 0.3) is 0 Å². The quantitative estimate of drug-likeness (QED) is 0.352. The topological polar surface area (TPSA) is 55.8 Å². The van der Waals surface area contributed by atoms with E-state index in [1.54, 1.807) is 34.9 Å². The van der Waals surface area contributed by atoms with Crippen molar-refractivity contribution < 1.29 is 19.1 Å². The molecule has 0 saturated heterocycles. The molecule has 0 aromatic heterocycles. The van der Waals surface area contributed by atoms with Gasteiger partial charge in [0.05, 0.1) is 24.4 Å². The maximum absolute atomic E-state index is 13.1. The van der Waals surface area contributed by atoms with Gasteiger partial charge in [-0.25, -0.2) is 9.59 Å². The van der Waals surface area contributed by atoms with E-state index < -0.39 is 12.1 Å². The SMILES string of the molecule is COC(=O)c1ccc2c(c1)CC(/C=C/Sc1ccccc1)N2C(=O)OCc1ccccc1. The van der Waals surface area contributed by atoms with Crippen LogP contribution in [0.3, 0.4) is 0 Å². The van der Waals surface area contributed by atoms with Crippen molar-refractivity contribution in [3.63, 3.8) is 0 Å². The molecular formula is C26H23NO4S. The predicted molar refractivity (Wildman–Crippen MR) is 126 cm³/mol. The van der Waals surface area contributed by atoms with Crippen LogP contribution in [-0.2, 0) is 22.5 Å². The Labute approximate surface area is 191 Å². The van der Waals surface area contributed by atoms with Gasteiger partial charge in [-0.15, -0.1) is 0 Å². The zero-order chi connectivity index (χ0) is 22.3. The Morgan fingerprint density at radius 1 is 1.03 bits per heavy atom. The van der Waals surface area contributed by atoms with Crippen molar-refractivity contribution >= 4 is 29.5 Å². The second-order valence-corrected chi connectivity index (χ2v) is 8.26. The highest BCUT2D eigenvalue weighted by Crippen LogP contribution is 2.35. The van der Waals surface area contributed by atoms with Crippen molar-refractivity contribution in [3.8, 4) is 0 Å². The first-order valence-electron chi connectivity index (χ1n) is 10.3. The maximum Gasteiger partial charge on any atom is 0.415 e. The lowest BCUT2D eigenvalue weighted by Crippen LogP contribution is -2.36. The van der Waals surface area contributed by atoms with Crippen LogP contribution in [0.4, 0.5) is 10.5 Å². The third-order valence-electron chi connectivity index (χ3n) is 5.17. The van der Waals surface area contributed by atoms with Gasteiger partial charge in [0.1, 0.15) is 6.61 Å². The molecule has 6 heteroatoms. The summed E-state index contributed by atoms with van der Waals surface area (Å²) in [7, 11) is 1.36. The minimum atomic E-state index is -0.419. The number of nitrogens with zero attached hydrogens (tertiary/aromatic N) is 1. The number of anilines is 1. The molecule has 4 rings (SSSR count). The molecule has 0 radical (unpaired) electrons. The molecule has 162 valence electrons. The summed E-state index contributed by atoms with van der Waals surface area (Å²) >= 11 is 1.59. The van der Waals surface area contributed by atoms with Crippen LogP contribution in [0.15, 0.2) is 95.2 Å². The molecule has 0 aliphatic carbocycles. The fourth-order valence-corrected chi connectivity index (χ4v) is 4.34. The Balaban J connectivity index is 1.55. The Kier molecular flexibility index (Phi) is 6.92. The van der Waals surface area contributed by atoms with Gasteiger partial charge >= 0.3 is 12.1 Å². The Bertz CT molecular complexity index is 1120. The molecule has 1 unspecified atom stereocenters. The number of ether oxygens (including phenoxy) is 2. The average molecular weight is 446 g/mol. The number of rotatable bonds is 6. The molecule has 0 bridgehead atoms. The van der Waals surface area contributed by atoms with E-state index in [9.17, 15) is 9.59 Å². The molecule has 3 aromatic carbocycles. The number of amides is 1. The predicted octanol–water partition coefficient (Wildman–Crippen LogP) is 5.85. The zero-order valence-corrected chi connectivity index (χ0v) is 18.5. The lowest BCUT2D eigenvalue weighted by atomic mass is 10.1. The maximum atomic E-state index is 13.1. The molecule has 3 aromatic rings. The number of hydrogen-bond donors (Lipinski definition) is 0. The Hall–Kier alpha value is -3.51. The molecule has 0 saturated carbocycles. The lowest BCUT2D eigenvalue weighted by molar-refractivity contribution is 0.0600. The number of benzene rings is 3. The number of esters is 1. The third kappa shape index (κ3) is 5.03. The summed E-state index contributed by atoms with van der Waals surface area (Å²) < 4.78 is 10.5. The highest BCUT2D eigenvalue weighted by atomic mass is 32.2. The second kappa shape index (κ2) is 10.2. The van der Waals surface area contributed by atoms with E-state index in [0.29, 0.717) is 12.0 Å². The van der Waals surface area contributed by atoms with Crippen LogP contribution >= 0.6 is 11.8 Å². The van der Waals surface area contributed by atoms with Crippen LogP contribution in [0.2, 0.25) is 0 Å². The smallest absolute Gasteiger partial charge is 0.415 e. The monoisotopic (exact) mass is 445 g/mol. The van der Waals surface area contributed by atoms with E-state index in [2.05, 4.69) is 0 Å². The van der Waals surface area contributed by atoms with Gasteiger partial charge in [-0.1, -0.05) is 66.4 Å². The van der Waals surface area contributed by atoms with Crippen LogP contribution in [0.1, 0.15) is 21.5 Å². The summed E-state index contributed by atoms with van der Waals surface area (Å²) in [6.45, 7) is 0.195.